The van der Waals surface area contributed by atoms with E-state index in [1.165, 1.54) is 6.07 Å². The van der Waals surface area contributed by atoms with Gasteiger partial charge in [-0.05, 0) is 25.1 Å². The van der Waals surface area contributed by atoms with E-state index < -0.39 is 11.8 Å². The third-order valence-corrected chi connectivity index (χ3v) is 2.21. The Balaban J connectivity index is 2.16. The van der Waals surface area contributed by atoms with Crippen LogP contribution in [0.5, 0.6) is 0 Å². The summed E-state index contributed by atoms with van der Waals surface area (Å²) in [4.78, 5) is 26.6. The fourth-order valence-electron chi connectivity index (χ4n) is 1.38. The van der Waals surface area contributed by atoms with E-state index in [1.54, 1.807) is 25.1 Å². The number of anilines is 1. The predicted octanol–water partition coefficient (Wildman–Crippen LogP) is 0.464. The maximum absolute atomic E-state index is 11.7. The number of carbonyl (C=O) groups excluding carboxylic acids is 2. The Morgan fingerprint density at radius 1 is 1.39 bits per heavy atom. The first-order valence-corrected chi connectivity index (χ1v) is 5.16. The van der Waals surface area contributed by atoms with Crippen LogP contribution >= 0.6 is 0 Å². The molecule has 0 aliphatic rings. The molecule has 7 nitrogen and oxygen atoms in total. The van der Waals surface area contributed by atoms with Gasteiger partial charge in [0.15, 0.2) is 0 Å². The highest BCUT2D eigenvalue weighted by Gasteiger charge is 2.11. The fraction of sp³-hybridized carbons (Fsp3) is 0.0909. The molecule has 1 aromatic heterocycles. The van der Waals surface area contributed by atoms with Crippen molar-refractivity contribution in [3.8, 4) is 0 Å². The van der Waals surface area contributed by atoms with Crippen LogP contribution in [0.2, 0.25) is 0 Å². The molecule has 0 unspecified atom stereocenters. The summed E-state index contributed by atoms with van der Waals surface area (Å²) in [5, 5.41) is 8.87. The summed E-state index contributed by atoms with van der Waals surface area (Å²) < 4.78 is 0. The first kappa shape index (κ1) is 11.8. The second kappa shape index (κ2) is 4.66. The Morgan fingerprint density at radius 3 is 2.78 bits per heavy atom. The van der Waals surface area contributed by atoms with Gasteiger partial charge in [0.1, 0.15) is 5.82 Å². The summed E-state index contributed by atoms with van der Waals surface area (Å²) in [6.07, 6.45) is 0. The van der Waals surface area contributed by atoms with Crippen LogP contribution in [0.4, 0.5) is 5.69 Å². The molecule has 0 fully saturated rings. The highest BCUT2D eigenvalue weighted by Crippen LogP contribution is 2.11. The summed E-state index contributed by atoms with van der Waals surface area (Å²) in [6.45, 7) is 1.69. The summed E-state index contributed by atoms with van der Waals surface area (Å²) in [5.74, 6) is -0.427. The molecule has 0 atom stereocenters. The maximum Gasteiger partial charge on any atom is 0.295 e. The number of rotatable bonds is 3. The fourth-order valence-corrected chi connectivity index (χ4v) is 1.38. The molecule has 0 saturated carbocycles. The van der Waals surface area contributed by atoms with Gasteiger partial charge in [0.05, 0.1) is 0 Å². The minimum absolute atomic E-state index is 0.0389. The molecule has 0 saturated heterocycles. The molecular weight excluding hydrogens is 234 g/mol. The molecule has 0 spiro atoms. The van der Waals surface area contributed by atoms with Gasteiger partial charge in [-0.1, -0.05) is 6.07 Å². The highest BCUT2D eigenvalue weighted by molar-refractivity contribution is 6.02. The lowest BCUT2D eigenvalue weighted by molar-refractivity contribution is 0.0994. The average molecular weight is 245 g/mol. The highest BCUT2D eigenvalue weighted by atomic mass is 16.2. The number of benzene rings is 1. The molecule has 1 heterocycles. The van der Waals surface area contributed by atoms with Gasteiger partial charge >= 0.3 is 0 Å². The molecule has 0 bridgehead atoms. The van der Waals surface area contributed by atoms with Crippen molar-refractivity contribution in [3.05, 3.63) is 41.5 Å². The number of primary amides is 1. The summed E-state index contributed by atoms with van der Waals surface area (Å²) in [6, 6.07) is 6.32. The van der Waals surface area contributed by atoms with E-state index in [-0.39, 0.29) is 5.82 Å². The average Bonchev–Trinajstić information content (AvgIpc) is 2.76. The van der Waals surface area contributed by atoms with Crippen LogP contribution in [0.15, 0.2) is 24.3 Å². The monoisotopic (exact) mass is 245 g/mol. The van der Waals surface area contributed by atoms with E-state index in [0.29, 0.717) is 17.1 Å². The van der Waals surface area contributed by atoms with Crippen molar-refractivity contribution in [2.45, 2.75) is 6.92 Å². The molecule has 2 amide bonds. The second-order valence-electron chi connectivity index (χ2n) is 3.64. The van der Waals surface area contributed by atoms with Crippen molar-refractivity contribution in [2.75, 3.05) is 5.32 Å². The lowest BCUT2D eigenvalue weighted by Crippen LogP contribution is -2.15. The molecular formula is C11H11N5O2. The van der Waals surface area contributed by atoms with Crippen LogP contribution in [-0.4, -0.2) is 27.0 Å². The van der Waals surface area contributed by atoms with Gasteiger partial charge < -0.3 is 11.1 Å². The van der Waals surface area contributed by atoms with Gasteiger partial charge in [0, 0.05) is 11.3 Å². The van der Waals surface area contributed by atoms with E-state index in [2.05, 4.69) is 20.5 Å². The zero-order valence-corrected chi connectivity index (χ0v) is 9.60. The Bertz CT molecular complexity index is 605. The molecule has 0 aliphatic carbocycles. The van der Waals surface area contributed by atoms with Crippen LogP contribution in [0.3, 0.4) is 0 Å². The Kier molecular flexibility index (Phi) is 3.05. The van der Waals surface area contributed by atoms with E-state index in [4.69, 9.17) is 5.73 Å². The van der Waals surface area contributed by atoms with Crippen molar-refractivity contribution in [1.82, 2.24) is 15.2 Å². The molecule has 2 aromatic rings. The summed E-state index contributed by atoms with van der Waals surface area (Å²) >= 11 is 0. The van der Waals surface area contributed by atoms with Crippen molar-refractivity contribution in [3.63, 3.8) is 0 Å². The molecule has 0 aliphatic heterocycles. The molecule has 18 heavy (non-hydrogen) atoms. The van der Waals surface area contributed by atoms with Gasteiger partial charge in [-0.25, -0.2) is 4.98 Å². The normalized spacial score (nSPS) is 10.1. The number of nitrogens with one attached hydrogen (secondary N) is 2. The number of aryl methyl sites for hydroxylation is 1. The number of aromatic amines is 1. The van der Waals surface area contributed by atoms with E-state index in [0.717, 1.165) is 0 Å². The molecule has 2 rings (SSSR count). The number of amides is 2. The van der Waals surface area contributed by atoms with Crippen molar-refractivity contribution >= 4 is 17.5 Å². The van der Waals surface area contributed by atoms with Crippen LogP contribution in [0.25, 0.3) is 0 Å². The molecule has 7 heteroatoms. The molecule has 0 radical (unpaired) electrons. The third kappa shape index (κ3) is 2.51. The number of hydrogen-bond donors (Lipinski definition) is 3. The smallest absolute Gasteiger partial charge is 0.295 e. The quantitative estimate of drug-likeness (QED) is 0.728. The van der Waals surface area contributed by atoms with Crippen LogP contribution < -0.4 is 11.1 Å². The SMILES string of the molecule is Cc1nc(C(=O)Nc2cccc(C(N)=O)c2)n[nH]1. The van der Waals surface area contributed by atoms with Crippen LogP contribution in [0.1, 0.15) is 26.8 Å². The zero-order chi connectivity index (χ0) is 13.1. The molecule has 4 N–H and O–H groups in total. The first-order valence-electron chi connectivity index (χ1n) is 5.16. The minimum atomic E-state index is -0.556. The number of aromatic nitrogens is 3. The number of hydrogen-bond acceptors (Lipinski definition) is 4. The van der Waals surface area contributed by atoms with Crippen molar-refractivity contribution in [1.29, 1.82) is 0 Å². The number of nitrogens with zero attached hydrogens (tertiary/aromatic N) is 2. The number of carbonyl (C=O) groups is 2. The third-order valence-electron chi connectivity index (χ3n) is 2.21. The van der Waals surface area contributed by atoms with E-state index >= 15 is 0 Å². The molecule has 92 valence electrons. The Hall–Kier alpha value is -2.70. The second-order valence-corrected chi connectivity index (χ2v) is 3.64. The predicted molar refractivity (Wildman–Crippen MR) is 64.0 cm³/mol. The number of H-pyrrole nitrogens is 1. The van der Waals surface area contributed by atoms with E-state index in [1.807, 2.05) is 0 Å². The summed E-state index contributed by atoms with van der Waals surface area (Å²) in [5.41, 5.74) is 5.92. The van der Waals surface area contributed by atoms with E-state index in [9.17, 15) is 9.59 Å². The Morgan fingerprint density at radius 2 is 2.17 bits per heavy atom. The van der Waals surface area contributed by atoms with Crippen molar-refractivity contribution < 1.29 is 9.59 Å². The van der Waals surface area contributed by atoms with Gasteiger partial charge in [0.2, 0.25) is 11.7 Å². The van der Waals surface area contributed by atoms with Crippen LogP contribution in [0, 0.1) is 6.92 Å². The Labute approximate surface area is 102 Å². The standard InChI is InChI=1S/C11H11N5O2/c1-6-13-10(16-15-6)11(18)14-8-4-2-3-7(5-8)9(12)17/h2-5H,1H3,(H2,12,17)(H,14,18)(H,13,15,16). The zero-order valence-electron chi connectivity index (χ0n) is 9.60. The largest absolute Gasteiger partial charge is 0.366 e. The topological polar surface area (TPSA) is 114 Å². The molecule has 1 aromatic carbocycles. The lowest BCUT2D eigenvalue weighted by Gasteiger charge is -2.03. The van der Waals surface area contributed by atoms with Gasteiger partial charge in [-0.3, -0.25) is 14.7 Å². The van der Waals surface area contributed by atoms with Gasteiger partial charge in [-0.2, -0.15) is 0 Å². The number of nitrogens with two attached hydrogens (primary N) is 1. The minimum Gasteiger partial charge on any atom is -0.366 e. The maximum atomic E-state index is 11.7. The van der Waals surface area contributed by atoms with Gasteiger partial charge in [-0.15, -0.1) is 5.10 Å². The van der Waals surface area contributed by atoms with Crippen molar-refractivity contribution in [2.24, 2.45) is 5.73 Å². The summed E-state index contributed by atoms with van der Waals surface area (Å²) in [7, 11) is 0. The lowest BCUT2D eigenvalue weighted by atomic mass is 10.2. The van der Waals surface area contributed by atoms with Crippen LogP contribution in [-0.2, 0) is 0 Å². The first-order chi connectivity index (χ1) is 8.56. The van der Waals surface area contributed by atoms with Gasteiger partial charge in [0.25, 0.3) is 5.91 Å².